The van der Waals surface area contributed by atoms with Crippen molar-refractivity contribution in [2.24, 2.45) is 5.92 Å². The lowest BCUT2D eigenvalue weighted by molar-refractivity contribution is 0.278. The standard InChI is InChI=1S/C8H9Cl2N3O/c9-6-11-7(10)13-8(12-6)14-4-3-5-1-2-5/h5H,1-4H2. The van der Waals surface area contributed by atoms with Gasteiger partial charge in [-0.3, -0.25) is 0 Å². The average Bonchev–Trinajstić information content (AvgIpc) is 2.86. The van der Waals surface area contributed by atoms with Crippen LogP contribution in [-0.4, -0.2) is 21.6 Å². The molecule has 0 saturated heterocycles. The lowest BCUT2D eigenvalue weighted by Crippen LogP contribution is -2.03. The Balaban J connectivity index is 1.87. The van der Waals surface area contributed by atoms with Crippen LogP contribution in [-0.2, 0) is 0 Å². The molecule has 0 N–H and O–H groups in total. The van der Waals surface area contributed by atoms with Crippen molar-refractivity contribution in [1.82, 2.24) is 15.0 Å². The molecule has 1 heterocycles. The maximum absolute atomic E-state index is 5.58. The van der Waals surface area contributed by atoms with E-state index >= 15 is 0 Å². The van der Waals surface area contributed by atoms with Crippen LogP contribution in [0.1, 0.15) is 19.3 Å². The minimum Gasteiger partial charge on any atom is -0.463 e. The average molecular weight is 234 g/mol. The molecule has 0 aliphatic heterocycles. The fourth-order valence-electron chi connectivity index (χ4n) is 1.10. The molecule has 1 saturated carbocycles. The minimum atomic E-state index is 0.0615. The van der Waals surface area contributed by atoms with E-state index in [-0.39, 0.29) is 16.6 Å². The van der Waals surface area contributed by atoms with Gasteiger partial charge in [-0.2, -0.15) is 15.0 Å². The maximum atomic E-state index is 5.58. The summed E-state index contributed by atoms with van der Waals surface area (Å²) in [5.74, 6) is 0.822. The normalized spacial score (nSPS) is 15.6. The number of ether oxygens (including phenoxy) is 1. The van der Waals surface area contributed by atoms with E-state index in [4.69, 9.17) is 27.9 Å². The highest BCUT2D eigenvalue weighted by molar-refractivity contribution is 6.31. The molecular weight excluding hydrogens is 225 g/mol. The van der Waals surface area contributed by atoms with Crippen LogP contribution < -0.4 is 4.74 Å². The Hall–Kier alpha value is -0.610. The molecule has 1 aromatic heterocycles. The molecule has 1 aliphatic carbocycles. The first-order valence-corrected chi connectivity index (χ1v) is 5.19. The fourth-order valence-corrected chi connectivity index (χ4v) is 1.44. The molecule has 76 valence electrons. The molecule has 2 rings (SSSR count). The molecule has 0 atom stereocenters. The number of aromatic nitrogens is 3. The first-order valence-electron chi connectivity index (χ1n) is 4.44. The summed E-state index contributed by atoms with van der Waals surface area (Å²) >= 11 is 11.2. The zero-order valence-electron chi connectivity index (χ0n) is 7.41. The van der Waals surface area contributed by atoms with Crippen molar-refractivity contribution in [1.29, 1.82) is 0 Å². The van der Waals surface area contributed by atoms with Crippen molar-refractivity contribution in [3.63, 3.8) is 0 Å². The quantitative estimate of drug-likeness (QED) is 0.802. The van der Waals surface area contributed by atoms with E-state index in [0.717, 1.165) is 12.3 Å². The van der Waals surface area contributed by atoms with Crippen LogP contribution in [0.15, 0.2) is 0 Å². The van der Waals surface area contributed by atoms with Gasteiger partial charge in [0.25, 0.3) is 0 Å². The number of halogens is 2. The molecule has 0 bridgehead atoms. The summed E-state index contributed by atoms with van der Waals surface area (Å²) in [5.41, 5.74) is 0. The number of rotatable bonds is 4. The lowest BCUT2D eigenvalue weighted by atomic mass is 10.3. The van der Waals surface area contributed by atoms with E-state index in [0.29, 0.717) is 6.61 Å². The Kier molecular flexibility index (Phi) is 3.03. The number of nitrogens with zero attached hydrogens (tertiary/aromatic N) is 3. The molecular formula is C8H9Cl2N3O. The van der Waals surface area contributed by atoms with Gasteiger partial charge in [-0.25, -0.2) is 0 Å². The van der Waals surface area contributed by atoms with Gasteiger partial charge in [0.05, 0.1) is 6.61 Å². The Morgan fingerprint density at radius 1 is 1.14 bits per heavy atom. The van der Waals surface area contributed by atoms with Crippen molar-refractivity contribution in [2.45, 2.75) is 19.3 Å². The van der Waals surface area contributed by atoms with E-state index in [1.165, 1.54) is 12.8 Å². The summed E-state index contributed by atoms with van der Waals surface area (Å²) in [4.78, 5) is 11.2. The Bertz CT molecular complexity index is 310. The highest BCUT2D eigenvalue weighted by Crippen LogP contribution is 2.32. The zero-order valence-corrected chi connectivity index (χ0v) is 8.92. The molecule has 1 aromatic rings. The van der Waals surface area contributed by atoms with Gasteiger partial charge in [0.1, 0.15) is 0 Å². The molecule has 4 nitrogen and oxygen atoms in total. The Morgan fingerprint density at radius 2 is 1.79 bits per heavy atom. The van der Waals surface area contributed by atoms with Crippen LogP contribution in [0.4, 0.5) is 0 Å². The Labute approximate surface area is 91.6 Å². The van der Waals surface area contributed by atoms with E-state index in [9.17, 15) is 0 Å². The van der Waals surface area contributed by atoms with Crippen molar-refractivity contribution in [3.05, 3.63) is 10.6 Å². The van der Waals surface area contributed by atoms with Gasteiger partial charge in [-0.15, -0.1) is 0 Å². The van der Waals surface area contributed by atoms with Gasteiger partial charge in [0.2, 0.25) is 10.6 Å². The molecule has 1 fully saturated rings. The third kappa shape index (κ3) is 2.96. The molecule has 0 radical (unpaired) electrons. The van der Waals surface area contributed by atoms with Gasteiger partial charge < -0.3 is 4.74 Å². The summed E-state index contributed by atoms with van der Waals surface area (Å²) in [5, 5.41) is 0.123. The van der Waals surface area contributed by atoms with Crippen LogP contribution in [0.25, 0.3) is 0 Å². The maximum Gasteiger partial charge on any atom is 0.322 e. The van der Waals surface area contributed by atoms with E-state index in [2.05, 4.69) is 15.0 Å². The molecule has 6 heteroatoms. The minimum absolute atomic E-state index is 0.0615. The predicted octanol–water partition coefficient (Wildman–Crippen LogP) is 2.36. The van der Waals surface area contributed by atoms with Crippen molar-refractivity contribution in [3.8, 4) is 6.01 Å². The summed E-state index contributed by atoms with van der Waals surface area (Å²) in [6.45, 7) is 0.612. The second-order valence-electron chi connectivity index (χ2n) is 3.24. The second-order valence-corrected chi connectivity index (χ2v) is 3.91. The molecule has 14 heavy (non-hydrogen) atoms. The molecule has 0 aromatic carbocycles. The number of hydrogen-bond acceptors (Lipinski definition) is 4. The van der Waals surface area contributed by atoms with Gasteiger partial charge in [0, 0.05) is 0 Å². The molecule has 0 unspecified atom stereocenters. The number of hydrogen-bond donors (Lipinski definition) is 0. The van der Waals surface area contributed by atoms with Gasteiger partial charge in [-0.05, 0) is 35.5 Å². The van der Waals surface area contributed by atoms with Crippen LogP contribution >= 0.6 is 23.2 Å². The highest BCUT2D eigenvalue weighted by Gasteiger charge is 2.20. The summed E-state index contributed by atoms with van der Waals surface area (Å²) in [6, 6.07) is 0.204. The van der Waals surface area contributed by atoms with E-state index in [1.807, 2.05) is 0 Å². The third-order valence-corrected chi connectivity index (χ3v) is 2.35. The highest BCUT2D eigenvalue weighted by atomic mass is 35.5. The largest absolute Gasteiger partial charge is 0.463 e. The predicted molar refractivity (Wildman–Crippen MR) is 52.7 cm³/mol. The van der Waals surface area contributed by atoms with Crippen molar-refractivity contribution < 1.29 is 4.74 Å². The van der Waals surface area contributed by atoms with E-state index in [1.54, 1.807) is 0 Å². The van der Waals surface area contributed by atoms with Crippen molar-refractivity contribution >= 4 is 23.2 Å². The van der Waals surface area contributed by atoms with Crippen molar-refractivity contribution in [2.75, 3.05) is 6.61 Å². The monoisotopic (exact) mass is 233 g/mol. The van der Waals surface area contributed by atoms with Crippen LogP contribution in [0, 0.1) is 5.92 Å². The second kappa shape index (κ2) is 4.28. The summed E-state index contributed by atoms with van der Waals surface area (Å²) in [7, 11) is 0. The van der Waals surface area contributed by atoms with E-state index < -0.39 is 0 Å². The van der Waals surface area contributed by atoms with Gasteiger partial charge >= 0.3 is 6.01 Å². The Morgan fingerprint density at radius 3 is 2.36 bits per heavy atom. The third-order valence-electron chi connectivity index (χ3n) is 2.01. The fraction of sp³-hybridized carbons (Fsp3) is 0.625. The lowest BCUT2D eigenvalue weighted by Gasteiger charge is -2.02. The van der Waals surface area contributed by atoms with Gasteiger partial charge in [-0.1, -0.05) is 12.8 Å². The molecule has 0 spiro atoms. The van der Waals surface area contributed by atoms with Crippen LogP contribution in [0.2, 0.25) is 10.6 Å². The summed E-state index contributed by atoms with van der Waals surface area (Å²) in [6.07, 6.45) is 3.66. The SMILES string of the molecule is Clc1nc(Cl)nc(OCCC2CC2)n1. The smallest absolute Gasteiger partial charge is 0.322 e. The zero-order chi connectivity index (χ0) is 9.97. The molecule has 1 aliphatic rings. The first kappa shape index (κ1) is 9.93. The van der Waals surface area contributed by atoms with Crippen LogP contribution in [0.3, 0.4) is 0 Å². The first-order chi connectivity index (χ1) is 6.74. The molecule has 0 amide bonds. The van der Waals surface area contributed by atoms with Gasteiger partial charge in [0.15, 0.2) is 0 Å². The summed E-state index contributed by atoms with van der Waals surface area (Å²) < 4.78 is 5.29. The van der Waals surface area contributed by atoms with Crippen LogP contribution in [0.5, 0.6) is 6.01 Å². The topological polar surface area (TPSA) is 47.9 Å².